The maximum Gasteiger partial charge on any atom is 0.138 e. The molecule has 0 unspecified atom stereocenters. The van der Waals surface area contributed by atoms with Gasteiger partial charge in [-0.05, 0) is 45.4 Å². The Bertz CT molecular complexity index is 391. The maximum atomic E-state index is 9.16. The maximum absolute atomic E-state index is 9.16. The van der Waals surface area contributed by atoms with Gasteiger partial charge in [-0.25, -0.2) is 0 Å². The van der Waals surface area contributed by atoms with Crippen LogP contribution in [0, 0.1) is 0 Å². The van der Waals surface area contributed by atoms with Crippen LogP contribution in [0.4, 0.5) is 0 Å². The summed E-state index contributed by atoms with van der Waals surface area (Å²) in [5.74, 6) is 0.705. The number of aliphatic hydroxyl groups excluding tert-OH is 1. The summed E-state index contributed by atoms with van der Waals surface area (Å²) in [6.45, 7) is 8.59. The number of rotatable bonds is 6. The van der Waals surface area contributed by atoms with Gasteiger partial charge in [-0.1, -0.05) is 17.7 Å². The van der Waals surface area contributed by atoms with Crippen LogP contribution < -0.4 is 10.1 Å². The van der Waals surface area contributed by atoms with Gasteiger partial charge in [0, 0.05) is 12.1 Å². The van der Waals surface area contributed by atoms with Crippen molar-refractivity contribution in [2.24, 2.45) is 0 Å². The first-order valence-corrected chi connectivity index (χ1v) is 6.53. The smallest absolute Gasteiger partial charge is 0.138 e. The van der Waals surface area contributed by atoms with Gasteiger partial charge in [0.25, 0.3) is 0 Å². The zero-order valence-corrected chi connectivity index (χ0v) is 12.2. The van der Waals surface area contributed by atoms with Crippen molar-refractivity contribution < 1.29 is 9.84 Å². The summed E-state index contributed by atoms with van der Waals surface area (Å²) in [5, 5.41) is 13.0. The molecule has 18 heavy (non-hydrogen) atoms. The van der Waals surface area contributed by atoms with E-state index in [1.165, 1.54) is 0 Å². The quantitative estimate of drug-likeness (QED) is 0.836. The fourth-order valence-electron chi connectivity index (χ4n) is 1.40. The number of hydrogen-bond donors (Lipinski definition) is 2. The molecule has 0 aliphatic heterocycles. The van der Waals surface area contributed by atoms with Gasteiger partial charge in [0.15, 0.2) is 0 Å². The predicted molar refractivity (Wildman–Crippen MR) is 75.2 cm³/mol. The van der Waals surface area contributed by atoms with Crippen LogP contribution in [0.15, 0.2) is 18.2 Å². The van der Waals surface area contributed by atoms with Gasteiger partial charge in [-0.15, -0.1) is 0 Å². The molecule has 1 aromatic rings. The SMILES string of the molecule is CC(C)Oc1ccc(CNC(C)(C)CO)cc1Cl. The summed E-state index contributed by atoms with van der Waals surface area (Å²) in [7, 11) is 0. The minimum atomic E-state index is -0.292. The largest absolute Gasteiger partial charge is 0.489 e. The Morgan fingerprint density at radius 1 is 1.39 bits per heavy atom. The number of halogens is 1. The van der Waals surface area contributed by atoms with Gasteiger partial charge >= 0.3 is 0 Å². The first-order chi connectivity index (χ1) is 8.34. The Hall–Kier alpha value is -0.770. The minimum absolute atomic E-state index is 0.0925. The normalized spacial score (nSPS) is 11.9. The third-order valence-corrected chi connectivity index (χ3v) is 2.82. The van der Waals surface area contributed by atoms with Crippen LogP contribution >= 0.6 is 11.6 Å². The van der Waals surface area contributed by atoms with E-state index in [0.717, 1.165) is 5.56 Å². The van der Waals surface area contributed by atoms with Gasteiger partial charge in [-0.2, -0.15) is 0 Å². The second kappa shape index (κ2) is 6.41. The standard InChI is InChI=1S/C14H22ClNO2/c1-10(2)18-13-6-5-11(7-12(13)15)8-16-14(3,4)9-17/h5-7,10,16-17H,8-9H2,1-4H3. The molecule has 0 aromatic heterocycles. The highest BCUT2D eigenvalue weighted by atomic mass is 35.5. The van der Waals surface area contributed by atoms with Crippen molar-refractivity contribution in [3.8, 4) is 5.75 Å². The third-order valence-electron chi connectivity index (χ3n) is 2.53. The number of aliphatic hydroxyl groups is 1. The summed E-state index contributed by atoms with van der Waals surface area (Å²) < 4.78 is 5.57. The second-order valence-corrected chi connectivity index (χ2v) is 5.73. The van der Waals surface area contributed by atoms with E-state index in [0.29, 0.717) is 17.3 Å². The molecule has 0 atom stereocenters. The van der Waals surface area contributed by atoms with Gasteiger partial charge in [0.2, 0.25) is 0 Å². The van der Waals surface area contributed by atoms with Crippen molar-refractivity contribution >= 4 is 11.6 Å². The predicted octanol–water partition coefficient (Wildman–Crippen LogP) is 2.99. The molecule has 0 fully saturated rings. The first-order valence-electron chi connectivity index (χ1n) is 6.15. The lowest BCUT2D eigenvalue weighted by Gasteiger charge is -2.23. The number of hydrogen-bond acceptors (Lipinski definition) is 3. The first kappa shape index (κ1) is 15.3. The molecule has 102 valence electrons. The van der Waals surface area contributed by atoms with E-state index in [1.54, 1.807) is 0 Å². The summed E-state index contributed by atoms with van der Waals surface area (Å²) in [6, 6.07) is 5.75. The van der Waals surface area contributed by atoms with Crippen LogP contribution in [0.5, 0.6) is 5.75 Å². The Morgan fingerprint density at radius 3 is 2.56 bits per heavy atom. The lowest BCUT2D eigenvalue weighted by atomic mass is 10.1. The van der Waals surface area contributed by atoms with E-state index < -0.39 is 0 Å². The molecule has 3 nitrogen and oxygen atoms in total. The Kier molecular flexibility index (Phi) is 5.45. The zero-order chi connectivity index (χ0) is 13.8. The molecule has 0 bridgehead atoms. The van der Waals surface area contributed by atoms with Crippen molar-refractivity contribution in [1.82, 2.24) is 5.32 Å². The number of benzene rings is 1. The summed E-state index contributed by atoms with van der Waals surface area (Å²) >= 11 is 6.16. The molecule has 0 saturated carbocycles. The molecule has 2 N–H and O–H groups in total. The average Bonchev–Trinajstić information content (AvgIpc) is 2.29. The molecule has 0 saturated heterocycles. The summed E-state index contributed by atoms with van der Waals surface area (Å²) in [6.07, 6.45) is 0.111. The molecule has 0 aliphatic carbocycles. The van der Waals surface area contributed by atoms with Crippen LogP contribution in [0.3, 0.4) is 0 Å². The van der Waals surface area contributed by atoms with Crippen LogP contribution in [0.25, 0.3) is 0 Å². The van der Waals surface area contributed by atoms with Gasteiger partial charge in [0.05, 0.1) is 17.7 Å². The molecular formula is C14H22ClNO2. The highest BCUT2D eigenvalue weighted by Gasteiger charge is 2.15. The molecule has 1 rings (SSSR count). The van der Waals surface area contributed by atoms with Crippen LogP contribution in [0.1, 0.15) is 33.3 Å². The van der Waals surface area contributed by atoms with Crippen LogP contribution in [-0.4, -0.2) is 23.4 Å². The lowest BCUT2D eigenvalue weighted by molar-refractivity contribution is 0.187. The summed E-state index contributed by atoms with van der Waals surface area (Å²) in [5.41, 5.74) is 0.775. The lowest BCUT2D eigenvalue weighted by Crippen LogP contribution is -2.42. The van der Waals surface area contributed by atoms with Crippen molar-refractivity contribution in [3.63, 3.8) is 0 Å². The Morgan fingerprint density at radius 2 is 2.06 bits per heavy atom. The van der Waals surface area contributed by atoms with Crippen molar-refractivity contribution in [3.05, 3.63) is 28.8 Å². The van der Waals surface area contributed by atoms with Crippen LogP contribution in [-0.2, 0) is 6.54 Å². The molecule has 0 spiro atoms. The fraction of sp³-hybridized carbons (Fsp3) is 0.571. The van der Waals surface area contributed by atoms with Gasteiger partial charge in [0.1, 0.15) is 5.75 Å². The van der Waals surface area contributed by atoms with E-state index in [9.17, 15) is 0 Å². The van der Waals surface area contributed by atoms with Crippen LogP contribution in [0.2, 0.25) is 5.02 Å². The molecule has 0 heterocycles. The van der Waals surface area contributed by atoms with Crippen molar-refractivity contribution in [1.29, 1.82) is 0 Å². The molecule has 0 amide bonds. The van der Waals surface area contributed by atoms with Crippen molar-refractivity contribution in [2.75, 3.05) is 6.61 Å². The van der Waals surface area contributed by atoms with Gasteiger partial charge < -0.3 is 15.2 Å². The van der Waals surface area contributed by atoms with E-state index in [-0.39, 0.29) is 18.2 Å². The molecule has 4 heteroatoms. The van der Waals surface area contributed by atoms with E-state index in [1.807, 2.05) is 45.9 Å². The second-order valence-electron chi connectivity index (χ2n) is 5.33. The monoisotopic (exact) mass is 271 g/mol. The zero-order valence-electron chi connectivity index (χ0n) is 11.5. The molecular weight excluding hydrogens is 250 g/mol. The van der Waals surface area contributed by atoms with E-state index in [4.69, 9.17) is 21.4 Å². The average molecular weight is 272 g/mol. The molecule has 0 radical (unpaired) electrons. The molecule has 0 aliphatic rings. The topological polar surface area (TPSA) is 41.5 Å². The Balaban J connectivity index is 2.67. The molecule has 1 aromatic carbocycles. The number of ether oxygens (including phenoxy) is 1. The Labute approximate surface area is 114 Å². The van der Waals surface area contributed by atoms with Gasteiger partial charge in [-0.3, -0.25) is 0 Å². The minimum Gasteiger partial charge on any atom is -0.489 e. The highest BCUT2D eigenvalue weighted by molar-refractivity contribution is 6.32. The van der Waals surface area contributed by atoms with E-state index >= 15 is 0 Å². The van der Waals surface area contributed by atoms with Crippen molar-refractivity contribution in [2.45, 2.75) is 45.9 Å². The summed E-state index contributed by atoms with van der Waals surface area (Å²) in [4.78, 5) is 0. The third kappa shape index (κ3) is 4.84. The number of nitrogens with one attached hydrogen (secondary N) is 1. The van der Waals surface area contributed by atoms with E-state index in [2.05, 4.69) is 5.32 Å². The highest BCUT2D eigenvalue weighted by Crippen LogP contribution is 2.26. The fourth-order valence-corrected chi connectivity index (χ4v) is 1.65.